The van der Waals surface area contributed by atoms with Gasteiger partial charge >= 0.3 is 0 Å². The van der Waals surface area contributed by atoms with Crippen molar-refractivity contribution in [2.75, 3.05) is 13.0 Å². The molecule has 0 aliphatic rings. The molecular weight excluding hydrogens is 160 g/mol. The van der Waals surface area contributed by atoms with E-state index in [0.717, 1.165) is 11.3 Å². The van der Waals surface area contributed by atoms with Gasteiger partial charge in [0.2, 0.25) is 0 Å². The zero-order chi connectivity index (χ0) is 8.69. The summed E-state index contributed by atoms with van der Waals surface area (Å²) in [6.45, 7) is 5.45. The lowest BCUT2D eigenvalue weighted by Gasteiger charge is -1.99. The van der Waals surface area contributed by atoms with Gasteiger partial charge in [0.25, 0.3) is 0 Å². The Hall–Kier alpha value is -0.690. The molecule has 2 heteroatoms. The first-order valence-electron chi connectivity index (χ1n) is 3.34. The minimum Gasteiger partial charge on any atom is -0.501 e. The number of alkyl halides is 1. The van der Waals surface area contributed by atoms with Gasteiger partial charge in [0.1, 0.15) is 0 Å². The Morgan fingerprint density at radius 1 is 1.64 bits per heavy atom. The average Bonchev–Trinajstić information content (AvgIpc) is 2.03. The fourth-order valence-electron chi connectivity index (χ4n) is 0.603. The highest BCUT2D eigenvalue weighted by Crippen LogP contribution is 2.04. The van der Waals surface area contributed by atoms with E-state index < -0.39 is 0 Å². The highest BCUT2D eigenvalue weighted by atomic mass is 35.5. The average molecular weight is 173 g/mol. The van der Waals surface area contributed by atoms with Gasteiger partial charge in [-0.1, -0.05) is 18.7 Å². The van der Waals surface area contributed by atoms with E-state index in [1.807, 2.05) is 19.1 Å². The molecule has 0 bridgehead atoms. The molecule has 0 saturated heterocycles. The molecule has 1 nitrogen and oxygen atoms in total. The van der Waals surface area contributed by atoms with Crippen molar-refractivity contribution in [3.05, 3.63) is 36.1 Å². The quantitative estimate of drug-likeness (QED) is 0.360. The zero-order valence-electron chi connectivity index (χ0n) is 6.93. The van der Waals surface area contributed by atoms with E-state index in [1.165, 1.54) is 0 Å². The van der Waals surface area contributed by atoms with Gasteiger partial charge in [-0.2, -0.15) is 0 Å². The number of hydrogen-bond acceptors (Lipinski definition) is 1. The molecule has 0 rings (SSSR count). The third-order valence-electron chi connectivity index (χ3n) is 1.20. The van der Waals surface area contributed by atoms with Crippen molar-refractivity contribution in [2.45, 2.75) is 6.92 Å². The minimum atomic E-state index is 0.479. The molecule has 0 N–H and O–H groups in total. The first-order chi connectivity index (χ1) is 5.24. The molecule has 0 aliphatic heterocycles. The molecule has 0 radical (unpaired) electrons. The van der Waals surface area contributed by atoms with E-state index in [-0.39, 0.29) is 0 Å². The summed E-state index contributed by atoms with van der Waals surface area (Å²) in [5.74, 6) is 1.32. The van der Waals surface area contributed by atoms with Gasteiger partial charge in [-0.25, -0.2) is 0 Å². The second kappa shape index (κ2) is 6.05. The normalized spacial score (nSPS) is 13.0. The second-order valence-corrected chi connectivity index (χ2v) is 2.34. The Labute approximate surface area is 73.0 Å². The van der Waals surface area contributed by atoms with Crippen LogP contribution < -0.4 is 0 Å². The van der Waals surface area contributed by atoms with Crippen LogP contribution in [0.2, 0.25) is 0 Å². The van der Waals surface area contributed by atoms with Crippen molar-refractivity contribution in [3.8, 4) is 0 Å². The predicted octanol–water partition coefficient (Wildman–Crippen LogP) is 2.89. The van der Waals surface area contributed by atoms with Gasteiger partial charge in [0.05, 0.1) is 12.9 Å². The monoisotopic (exact) mass is 172 g/mol. The lowest BCUT2D eigenvalue weighted by atomic mass is 10.2. The Morgan fingerprint density at radius 3 is 2.64 bits per heavy atom. The van der Waals surface area contributed by atoms with Gasteiger partial charge in [0, 0.05) is 5.88 Å². The first-order valence-corrected chi connectivity index (χ1v) is 3.88. The van der Waals surface area contributed by atoms with Crippen LogP contribution in [0.25, 0.3) is 0 Å². The Bertz CT molecular complexity index is 180. The maximum Gasteiger partial charge on any atom is 0.0927 e. The number of methoxy groups -OCH3 is 1. The topological polar surface area (TPSA) is 9.23 Å². The van der Waals surface area contributed by atoms with E-state index in [0.29, 0.717) is 5.88 Å². The van der Waals surface area contributed by atoms with Crippen molar-refractivity contribution >= 4 is 11.6 Å². The summed E-state index contributed by atoms with van der Waals surface area (Å²) < 4.78 is 4.96. The molecule has 62 valence electrons. The number of rotatable bonds is 4. The fourth-order valence-corrected chi connectivity index (χ4v) is 0.769. The number of allylic oxidation sites excluding steroid dienone is 5. The Balaban J connectivity index is 4.28. The van der Waals surface area contributed by atoms with Crippen LogP contribution >= 0.6 is 11.6 Å². The highest BCUT2D eigenvalue weighted by Gasteiger charge is 1.90. The molecule has 0 amide bonds. The summed E-state index contributed by atoms with van der Waals surface area (Å²) in [5.41, 5.74) is 1.00. The van der Waals surface area contributed by atoms with Crippen molar-refractivity contribution in [1.82, 2.24) is 0 Å². The summed E-state index contributed by atoms with van der Waals surface area (Å²) >= 11 is 5.63. The molecule has 0 atom stereocenters. The van der Waals surface area contributed by atoms with E-state index in [9.17, 15) is 0 Å². The van der Waals surface area contributed by atoms with Crippen molar-refractivity contribution in [2.24, 2.45) is 0 Å². The van der Waals surface area contributed by atoms with Crippen LogP contribution in [-0.2, 0) is 4.74 Å². The number of hydrogen-bond donors (Lipinski definition) is 0. The largest absolute Gasteiger partial charge is 0.501 e. The van der Waals surface area contributed by atoms with Crippen LogP contribution in [0.15, 0.2) is 36.1 Å². The molecule has 0 aromatic rings. The first kappa shape index (κ1) is 10.3. The number of ether oxygens (including phenoxy) is 1. The van der Waals surface area contributed by atoms with Crippen LogP contribution in [0.3, 0.4) is 0 Å². The Kier molecular flexibility index (Phi) is 5.67. The van der Waals surface area contributed by atoms with Crippen molar-refractivity contribution < 1.29 is 4.74 Å². The maximum atomic E-state index is 5.63. The molecule has 0 unspecified atom stereocenters. The van der Waals surface area contributed by atoms with Crippen LogP contribution in [-0.4, -0.2) is 13.0 Å². The second-order valence-electron chi connectivity index (χ2n) is 2.07. The van der Waals surface area contributed by atoms with Crippen LogP contribution in [0.4, 0.5) is 0 Å². The maximum absolute atomic E-state index is 5.63. The van der Waals surface area contributed by atoms with Gasteiger partial charge in [-0.15, -0.1) is 11.6 Å². The molecule has 11 heavy (non-hydrogen) atoms. The zero-order valence-corrected chi connectivity index (χ0v) is 7.69. The van der Waals surface area contributed by atoms with E-state index in [4.69, 9.17) is 16.3 Å². The summed E-state index contributed by atoms with van der Waals surface area (Å²) in [4.78, 5) is 0. The molecule has 0 aliphatic carbocycles. The summed E-state index contributed by atoms with van der Waals surface area (Å²) in [7, 11) is 1.63. The SMILES string of the molecule is C=C/C=C(\C=C(/C)OC)CCl. The highest BCUT2D eigenvalue weighted by molar-refractivity contribution is 6.19. The van der Waals surface area contributed by atoms with Crippen LogP contribution in [0, 0.1) is 0 Å². The van der Waals surface area contributed by atoms with Crippen molar-refractivity contribution in [1.29, 1.82) is 0 Å². The molecule has 0 aromatic heterocycles. The van der Waals surface area contributed by atoms with Crippen molar-refractivity contribution in [3.63, 3.8) is 0 Å². The Morgan fingerprint density at radius 2 is 2.27 bits per heavy atom. The summed E-state index contributed by atoms with van der Waals surface area (Å²) in [6.07, 6.45) is 5.45. The molecule has 0 saturated carbocycles. The molecule has 0 fully saturated rings. The summed E-state index contributed by atoms with van der Waals surface area (Å²) in [6, 6.07) is 0. The number of halogens is 1. The van der Waals surface area contributed by atoms with Crippen LogP contribution in [0.1, 0.15) is 6.92 Å². The lowest BCUT2D eigenvalue weighted by Crippen LogP contribution is -1.84. The van der Waals surface area contributed by atoms with Gasteiger partial charge in [0.15, 0.2) is 0 Å². The fraction of sp³-hybridized carbons (Fsp3) is 0.333. The third kappa shape index (κ3) is 4.68. The van der Waals surface area contributed by atoms with E-state index >= 15 is 0 Å². The van der Waals surface area contributed by atoms with Gasteiger partial charge in [-0.3, -0.25) is 0 Å². The smallest absolute Gasteiger partial charge is 0.0927 e. The molecule has 0 aromatic carbocycles. The standard InChI is InChI=1S/C9H13ClO/c1-4-5-9(7-10)6-8(2)11-3/h4-6H,1,7H2,2-3H3/b8-6+,9-5+. The minimum absolute atomic E-state index is 0.479. The summed E-state index contributed by atoms with van der Waals surface area (Å²) in [5, 5.41) is 0. The van der Waals surface area contributed by atoms with Crippen LogP contribution in [0.5, 0.6) is 0 Å². The van der Waals surface area contributed by atoms with Gasteiger partial charge in [-0.05, 0) is 18.6 Å². The lowest BCUT2D eigenvalue weighted by molar-refractivity contribution is 0.293. The predicted molar refractivity (Wildman–Crippen MR) is 49.8 cm³/mol. The molecule has 0 heterocycles. The van der Waals surface area contributed by atoms with E-state index in [1.54, 1.807) is 13.2 Å². The van der Waals surface area contributed by atoms with E-state index in [2.05, 4.69) is 6.58 Å². The molecule has 0 spiro atoms. The van der Waals surface area contributed by atoms with Gasteiger partial charge < -0.3 is 4.74 Å². The molecular formula is C9H13ClO. The third-order valence-corrected chi connectivity index (χ3v) is 1.51.